The van der Waals surface area contributed by atoms with E-state index in [2.05, 4.69) is 10.3 Å². The largest absolute Gasteiger partial charge is 0.461 e. The monoisotopic (exact) mass is 399 g/mol. The highest BCUT2D eigenvalue weighted by Crippen LogP contribution is 2.50. The maximum Gasteiger partial charge on any atom is 0.246 e. The summed E-state index contributed by atoms with van der Waals surface area (Å²) in [6.07, 6.45) is 8.63. The van der Waals surface area contributed by atoms with Crippen molar-refractivity contribution in [1.29, 1.82) is 0 Å². The number of anilines is 1. The molecule has 150 valence electrons. The summed E-state index contributed by atoms with van der Waals surface area (Å²) in [6, 6.07) is 9.97. The van der Waals surface area contributed by atoms with Crippen molar-refractivity contribution in [1.82, 2.24) is 9.88 Å². The number of para-hydroxylation sites is 1. The number of carbonyl (C=O) groups is 2. The Morgan fingerprint density at radius 3 is 2.97 bits per heavy atom. The predicted octanol–water partition coefficient (Wildman–Crippen LogP) is 3.80. The number of rotatable bonds is 2. The summed E-state index contributed by atoms with van der Waals surface area (Å²) in [5.41, 5.74) is 3.40. The number of furan rings is 1. The topological polar surface area (TPSA) is 75.4 Å². The molecule has 6 rings (SSSR count). The first-order valence-corrected chi connectivity index (χ1v) is 10.4. The summed E-state index contributed by atoms with van der Waals surface area (Å²) < 4.78 is 5.94. The Labute approximate surface area is 173 Å². The van der Waals surface area contributed by atoms with E-state index in [0.717, 1.165) is 59.1 Å². The Balaban J connectivity index is 1.23. The lowest BCUT2D eigenvalue weighted by Gasteiger charge is -2.35. The number of nitrogens with zero attached hydrogens (tertiary/aromatic N) is 2. The van der Waals surface area contributed by atoms with Gasteiger partial charge in [-0.25, -0.2) is 4.98 Å². The predicted molar refractivity (Wildman–Crippen MR) is 113 cm³/mol. The van der Waals surface area contributed by atoms with Crippen molar-refractivity contribution in [2.75, 3.05) is 11.9 Å². The van der Waals surface area contributed by atoms with Gasteiger partial charge in [-0.2, -0.15) is 0 Å². The van der Waals surface area contributed by atoms with Crippen LogP contribution in [-0.4, -0.2) is 28.2 Å². The van der Waals surface area contributed by atoms with E-state index in [1.165, 1.54) is 0 Å². The number of aromatic nitrogens is 1. The molecule has 1 aromatic carbocycles. The Bertz CT molecular complexity index is 1240. The summed E-state index contributed by atoms with van der Waals surface area (Å²) >= 11 is 0. The molecule has 2 aliphatic heterocycles. The van der Waals surface area contributed by atoms with Gasteiger partial charge < -0.3 is 14.6 Å². The van der Waals surface area contributed by atoms with Crippen molar-refractivity contribution in [3.8, 4) is 0 Å². The first-order valence-electron chi connectivity index (χ1n) is 10.4. The van der Waals surface area contributed by atoms with E-state index in [4.69, 9.17) is 4.42 Å². The molecule has 1 fully saturated rings. The van der Waals surface area contributed by atoms with Crippen molar-refractivity contribution < 1.29 is 14.0 Å². The van der Waals surface area contributed by atoms with E-state index in [-0.39, 0.29) is 11.8 Å². The normalized spacial score (nSPS) is 19.1. The van der Waals surface area contributed by atoms with Crippen LogP contribution < -0.4 is 5.32 Å². The first-order chi connectivity index (χ1) is 14.6. The first kappa shape index (κ1) is 17.4. The number of fused-ring (bicyclic) bond motifs is 5. The molecule has 0 saturated heterocycles. The molecule has 4 heterocycles. The van der Waals surface area contributed by atoms with Gasteiger partial charge in [-0.3, -0.25) is 9.59 Å². The maximum absolute atomic E-state index is 12.8. The van der Waals surface area contributed by atoms with Gasteiger partial charge in [-0.05, 0) is 36.6 Å². The van der Waals surface area contributed by atoms with E-state index < -0.39 is 5.41 Å². The van der Waals surface area contributed by atoms with Crippen LogP contribution in [0, 0.1) is 0 Å². The summed E-state index contributed by atoms with van der Waals surface area (Å²) in [6.45, 7) is 1.19. The molecule has 1 N–H and O–H groups in total. The molecule has 6 heteroatoms. The minimum Gasteiger partial charge on any atom is -0.461 e. The highest BCUT2D eigenvalue weighted by atomic mass is 16.3. The molecule has 6 nitrogen and oxygen atoms in total. The third kappa shape index (κ3) is 2.46. The number of hydrogen-bond acceptors (Lipinski definition) is 4. The molecule has 0 radical (unpaired) electrons. The molecule has 0 atom stereocenters. The lowest BCUT2D eigenvalue weighted by Crippen LogP contribution is -2.40. The van der Waals surface area contributed by atoms with Gasteiger partial charge in [0, 0.05) is 41.8 Å². The number of pyridine rings is 1. The van der Waals surface area contributed by atoms with E-state index in [1.807, 2.05) is 35.2 Å². The summed E-state index contributed by atoms with van der Waals surface area (Å²) in [5.74, 6) is 1.68. The summed E-state index contributed by atoms with van der Waals surface area (Å²) in [4.78, 5) is 31.5. The van der Waals surface area contributed by atoms with E-state index in [1.54, 1.807) is 18.3 Å². The van der Waals surface area contributed by atoms with Crippen LogP contribution in [0.5, 0.6) is 0 Å². The molecule has 3 aliphatic rings. The van der Waals surface area contributed by atoms with Crippen molar-refractivity contribution in [3.05, 3.63) is 65.1 Å². The fraction of sp³-hybridized carbons (Fsp3) is 0.292. The Morgan fingerprint density at radius 2 is 2.13 bits per heavy atom. The number of benzene rings is 1. The second-order valence-electron chi connectivity index (χ2n) is 8.40. The smallest absolute Gasteiger partial charge is 0.246 e. The average Bonchev–Trinajstić information content (AvgIpc) is 3.25. The van der Waals surface area contributed by atoms with Crippen LogP contribution in [0.1, 0.15) is 41.7 Å². The number of carbonyl (C=O) groups excluding carboxylic acids is 2. The fourth-order valence-electron chi connectivity index (χ4n) is 4.90. The van der Waals surface area contributed by atoms with Crippen LogP contribution in [0.25, 0.3) is 17.0 Å². The third-order valence-electron chi connectivity index (χ3n) is 6.77. The molecule has 1 saturated carbocycles. The van der Waals surface area contributed by atoms with Crippen LogP contribution in [0.4, 0.5) is 5.82 Å². The molecular weight excluding hydrogens is 378 g/mol. The third-order valence-corrected chi connectivity index (χ3v) is 6.77. The van der Waals surface area contributed by atoms with Crippen LogP contribution >= 0.6 is 0 Å². The molecular formula is C24H21N3O3. The Kier molecular flexibility index (Phi) is 3.66. The zero-order valence-electron chi connectivity index (χ0n) is 16.5. The number of amides is 2. The second-order valence-corrected chi connectivity index (χ2v) is 8.40. The quantitative estimate of drug-likeness (QED) is 0.665. The minimum absolute atomic E-state index is 0.0287. The minimum atomic E-state index is -0.401. The van der Waals surface area contributed by atoms with Crippen molar-refractivity contribution >= 4 is 34.7 Å². The van der Waals surface area contributed by atoms with Crippen LogP contribution in [0.3, 0.4) is 0 Å². The summed E-state index contributed by atoms with van der Waals surface area (Å²) in [5, 5.41) is 3.98. The van der Waals surface area contributed by atoms with Crippen molar-refractivity contribution in [2.45, 2.75) is 37.6 Å². The zero-order valence-corrected chi connectivity index (χ0v) is 16.5. The molecule has 30 heavy (non-hydrogen) atoms. The second kappa shape index (κ2) is 6.29. The van der Waals surface area contributed by atoms with Gasteiger partial charge in [0.25, 0.3) is 0 Å². The Morgan fingerprint density at radius 1 is 1.27 bits per heavy atom. The van der Waals surface area contributed by atoms with Gasteiger partial charge in [-0.1, -0.05) is 24.6 Å². The van der Waals surface area contributed by atoms with Gasteiger partial charge in [0.15, 0.2) is 0 Å². The van der Waals surface area contributed by atoms with Gasteiger partial charge in [0.2, 0.25) is 11.8 Å². The van der Waals surface area contributed by atoms with Gasteiger partial charge >= 0.3 is 0 Å². The fourth-order valence-corrected chi connectivity index (χ4v) is 4.90. The average molecular weight is 399 g/mol. The van der Waals surface area contributed by atoms with E-state index >= 15 is 0 Å². The molecule has 0 bridgehead atoms. The van der Waals surface area contributed by atoms with Crippen molar-refractivity contribution in [3.63, 3.8) is 0 Å². The molecule has 2 aromatic heterocycles. The van der Waals surface area contributed by atoms with E-state index in [9.17, 15) is 9.59 Å². The summed E-state index contributed by atoms with van der Waals surface area (Å²) in [7, 11) is 0. The lowest BCUT2D eigenvalue weighted by atomic mass is 9.65. The Hall–Kier alpha value is -3.41. The standard InChI is InChI=1S/C24H21N3O3/c28-21(27-11-8-20-17(14-27)16-4-1-2-5-19(16)30-20)7-6-15-12-18-22(25-13-15)26-23(29)24(18)9-3-10-24/h1-2,4-7,12-13H,3,8-11,14H2,(H,25,26,29). The van der Waals surface area contributed by atoms with Gasteiger partial charge in [-0.15, -0.1) is 0 Å². The van der Waals surface area contributed by atoms with Crippen LogP contribution in [0.2, 0.25) is 0 Å². The number of hydrogen-bond donors (Lipinski definition) is 1. The van der Waals surface area contributed by atoms with Crippen LogP contribution in [-0.2, 0) is 28.0 Å². The van der Waals surface area contributed by atoms with Crippen molar-refractivity contribution in [2.24, 2.45) is 0 Å². The number of nitrogens with one attached hydrogen (secondary N) is 1. The highest BCUT2D eigenvalue weighted by Gasteiger charge is 2.51. The SMILES string of the molecule is O=C(C=Cc1cnc2c(c1)C1(CCC1)C(=O)N2)N1CCc2oc3ccccc3c2C1. The molecule has 1 aliphatic carbocycles. The van der Waals surface area contributed by atoms with Gasteiger partial charge in [0.05, 0.1) is 12.0 Å². The molecule has 2 amide bonds. The van der Waals surface area contributed by atoms with Crippen LogP contribution in [0.15, 0.2) is 47.0 Å². The molecule has 3 aromatic rings. The van der Waals surface area contributed by atoms with Gasteiger partial charge in [0.1, 0.15) is 17.2 Å². The lowest BCUT2D eigenvalue weighted by molar-refractivity contribution is -0.127. The highest BCUT2D eigenvalue weighted by molar-refractivity contribution is 6.06. The molecule has 1 spiro atoms. The molecule has 0 unspecified atom stereocenters. The van der Waals surface area contributed by atoms with E-state index in [0.29, 0.717) is 18.9 Å². The maximum atomic E-state index is 12.8. The zero-order chi connectivity index (χ0) is 20.3.